The number of hydrogen-bond acceptors (Lipinski definition) is 4. The molecule has 1 N–H and O–H groups in total. The van der Waals surface area contributed by atoms with Gasteiger partial charge in [-0.1, -0.05) is 54.1 Å². The van der Waals surface area contributed by atoms with Crippen LogP contribution in [0.4, 0.5) is 5.69 Å². The minimum Gasteiger partial charge on any atom is -0.326 e. The Bertz CT molecular complexity index is 1340. The molecule has 0 saturated heterocycles. The van der Waals surface area contributed by atoms with Gasteiger partial charge in [0.1, 0.15) is 0 Å². The van der Waals surface area contributed by atoms with E-state index in [0.29, 0.717) is 30.1 Å². The number of carbonyl (C=O) groups is 1. The minimum absolute atomic E-state index is 0.147. The zero-order valence-corrected chi connectivity index (χ0v) is 18.2. The zero-order chi connectivity index (χ0) is 22.7. The molecule has 2 aromatic heterocycles. The number of rotatable bonds is 7. The lowest BCUT2D eigenvalue weighted by molar-refractivity contribution is -0.116. The summed E-state index contributed by atoms with van der Waals surface area (Å²) in [4.78, 5) is 30.3. The molecule has 2 aromatic carbocycles. The standard InChI is InChI=1S/C25H25N5O2/c1-4-16-29-18(3)21(14-15-22(31)26-20-12-10-17(2)11-13-20)24(32)30-25(29)27-23(28-30)19-8-6-5-7-9-19/h4-13H,1,14-16H2,2-3H3,(H,26,31). The lowest BCUT2D eigenvalue weighted by Gasteiger charge is -2.14. The van der Waals surface area contributed by atoms with Gasteiger partial charge in [0.15, 0.2) is 5.82 Å². The van der Waals surface area contributed by atoms with Gasteiger partial charge >= 0.3 is 0 Å². The van der Waals surface area contributed by atoms with Crippen LogP contribution in [0.25, 0.3) is 17.2 Å². The highest BCUT2D eigenvalue weighted by Crippen LogP contribution is 2.18. The SMILES string of the molecule is C=CCn1c(C)c(CCC(=O)Nc2ccc(C)cc2)c(=O)n2nc(-c3ccccc3)nc12. The Balaban J connectivity index is 1.66. The van der Waals surface area contributed by atoms with Crippen molar-refractivity contribution in [3.05, 3.63) is 94.4 Å². The van der Waals surface area contributed by atoms with Crippen LogP contribution in [0.2, 0.25) is 0 Å². The molecule has 0 atom stereocenters. The molecule has 32 heavy (non-hydrogen) atoms. The number of aromatic nitrogens is 4. The van der Waals surface area contributed by atoms with Crippen molar-refractivity contribution in [1.82, 2.24) is 19.2 Å². The van der Waals surface area contributed by atoms with E-state index in [-0.39, 0.29) is 17.9 Å². The second-order valence-corrected chi connectivity index (χ2v) is 7.70. The maximum absolute atomic E-state index is 13.2. The fourth-order valence-electron chi connectivity index (χ4n) is 3.65. The van der Waals surface area contributed by atoms with Gasteiger partial charge in [-0.25, -0.2) is 0 Å². The third kappa shape index (κ3) is 4.23. The van der Waals surface area contributed by atoms with E-state index in [0.717, 1.165) is 22.5 Å². The van der Waals surface area contributed by atoms with Crippen molar-refractivity contribution in [2.75, 3.05) is 5.32 Å². The fourth-order valence-corrected chi connectivity index (χ4v) is 3.65. The number of nitrogens with one attached hydrogen (secondary N) is 1. The molecule has 0 bridgehead atoms. The van der Waals surface area contributed by atoms with Crippen molar-refractivity contribution in [2.45, 2.75) is 33.2 Å². The minimum atomic E-state index is -0.254. The summed E-state index contributed by atoms with van der Waals surface area (Å²) in [7, 11) is 0. The molecule has 4 aromatic rings. The van der Waals surface area contributed by atoms with E-state index in [1.54, 1.807) is 6.08 Å². The Labute approximate surface area is 186 Å². The van der Waals surface area contributed by atoms with Gasteiger partial charge in [-0.3, -0.25) is 9.59 Å². The van der Waals surface area contributed by atoms with Gasteiger partial charge in [0.25, 0.3) is 5.56 Å². The van der Waals surface area contributed by atoms with Crippen LogP contribution >= 0.6 is 0 Å². The topological polar surface area (TPSA) is 81.3 Å². The molecule has 7 nitrogen and oxygen atoms in total. The molecule has 0 aliphatic rings. The van der Waals surface area contributed by atoms with Gasteiger partial charge in [-0.2, -0.15) is 9.50 Å². The number of carbonyl (C=O) groups excluding carboxylic acids is 1. The number of benzene rings is 2. The summed E-state index contributed by atoms with van der Waals surface area (Å²) in [5.74, 6) is 0.792. The van der Waals surface area contributed by atoms with E-state index >= 15 is 0 Å². The normalized spacial score (nSPS) is 10.9. The number of hydrogen-bond donors (Lipinski definition) is 1. The molecule has 0 radical (unpaired) electrons. The van der Waals surface area contributed by atoms with Gasteiger partial charge in [0.2, 0.25) is 11.7 Å². The fraction of sp³-hybridized carbons (Fsp3) is 0.200. The predicted octanol–water partition coefficient (Wildman–Crippen LogP) is 3.93. The Kier molecular flexibility index (Phi) is 5.98. The average Bonchev–Trinajstić information content (AvgIpc) is 3.24. The summed E-state index contributed by atoms with van der Waals surface area (Å²) < 4.78 is 3.23. The van der Waals surface area contributed by atoms with Crippen LogP contribution in [0.5, 0.6) is 0 Å². The van der Waals surface area contributed by atoms with Crippen molar-refractivity contribution in [3.8, 4) is 11.4 Å². The number of nitrogens with zero attached hydrogens (tertiary/aromatic N) is 4. The van der Waals surface area contributed by atoms with Crippen molar-refractivity contribution >= 4 is 17.4 Å². The first-order valence-electron chi connectivity index (χ1n) is 10.5. The summed E-state index contributed by atoms with van der Waals surface area (Å²) in [5.41, 5.74) is 3.74. The van der Waals surface area contributed by atoms with Crippen molar-refractivity contribution in [2.24, 2.45) is 0 Å². The Morgan fingerprint density at radius 3 is 2.50 bits per heavy atom. The highest BCUT2D eigenvalue weighted by molar-refractivity contribution is 5.90. The highest BCUT2D eigenvalue weighted by Gasteiger charge is 2.19. The number of aryl methyl sites for hydroxylation is 1. The second kappa shape index (κ2) is 9.01. The first kappa shape index (κ1) is 21.2. The molecular formula is C25H25N5O2. The molecule has 0 saturated carbocycles. The van der Waals surface area contributed by atoms with E-state index < -0.39 is 0 Å². The molecule has 0 spiro atoms. The molecule has 0 aliphatic carbocycles. The van der Waals surface area contributed by atoms with E-state index in [9.17, 15) is 9.59 Å². The van der Waals surface area contributed by atoms with Gasteiger partial charge in [0.05, 0.1) is 0 Å². The quantitative estimate of drug-likeness (QED) is 0.453. The Morgan fingerprint density at radius 2 is 1.81 bits per heavy atom. The molecule has 0 fully saturated rings. The van der Waals surface area contributed by atoms with E-state index in [1.165, 1.54) is 4.52 Å². The third-order valence-corrected chi connectivity index (χ3v) is 5.40. The lowest BCUT2D eigenvalue weighted by atomic mass is 10.1. The van der Waals surface area contributed by atoms with E-state index in [2.05, 4.69) is 22.0 Å². The van der Waals surface area contributed by atoms with Crippen LogP contribution in [-0.4, -0.2) is 25.1 Å². The van der Waals surface area contributed by atoms with E-state index in [1.807, 2.05) is 73.0 Å². The number of fused-ring (bicyclic) bond motifs is 1. The number of allylic oxidation sites excluding steroid dienone is 1. The monoisotopic (exact) mass is 427 g/mol. The largest absolute Gasteiger partial charge is 0.326 e. The van der Waals surface area contributed by atoms with Gasteiger partial charge < -0.3 is 9.88 Å². The zero-order valence-electron chi connectivity index (χ0n) is 18.2. The number of amides is 1. The van der Waals surface area contributed by atoms with Crippen LogP contribution in [0, 0.1) is 13.8 Å². The smallest absolute Gasteiger partial charge is 0.279 e. The van der Waals surface area contributed by atoms with Crippen LogP contribution in [0.15, 0.2) is 72.0 Å². The van der Waals surface area contributed by atoms with Crippen LogP contribution < -0.4 is 10.9 Å². The second-order valence-electron chi connectivity index (χ2n) is 7.70. The summed E-state index contributed by atoms with van der Waals surface area (Å²) in [6, 6.07) is 17.1. The molecular weight excluding hydrogens is 402 g/mol. The first-order valence-corrected chi connectivity index (χ1v) is 10.5. The Morgan fingerprint density at radius 1 is 1.09 bits per heavy atom. The van der Waals surface area contributed by atoms with Crippen LogP contribution in [-0.2, 0) is 17.8 Å². The average molecular weight is 428 g/mol. The molecule has 162 valence electrons. The van der Waals surface area contributed by atoms with Gasteiger partial charge in [-0.15, -0.1) is 11.7 Å². The Hall–Kier alpha value is -4.00. The summed E-state index contributed by atoms with van der Waals surface area (Å²) in [6.45, 7) is 8.17. The summed E-state index contributed by atoms with van der Waals surface area (Å²) >= 11 is 0. The lowest BCUT2D eigenvalue weighted by Crippen LogP contribution is -2.27. The van der Waals surface area contributed by atoms with Gasteiger partial charge in [0, 0.05) is 35.5 Å². The summed E-state index contributed by atoms with van der Waals surface area (Å²) in [6.07, 6.45) is 2.24. The molecule has 4 rings (SSSR count). The van der Waals surface area contributed by atoms with E-state index in [4.69, 9.17) is 0 Å². The molecule has 2 heterocycles. The maximum Gasteiger partial charge on any atom is 0.279 e. The molecule has 0 aliphatic heterocycles. The first-order chi connectivity index (χ1) is 15.5. The maximum atomic E-state index is 13.2. The molecule has 1 amide bonds. The predicted molar refractivity (Wildman–Crippen MR) is 126 cm³/mol. The summed E-state index contributed by atoms with van der Waals surface area (Å²) in [5, 5.41) is 7.35. The third-order valence-electron chi connectivity index (χ3n) is 5.40. The van der Waals surface area contributed by atoms with Gasteiger partial charge in [-0.05, 0) is 32.4 Å². The molecule has 0 unspecified atom stereocenters. The van der Waals surface area contributed by atoms with Crippen LogP contribution in [0.1, 0.15) is 23.2 Å². The van der Waals surface area contributed by atoms with Crippen LogP contribution in [0.3, 0.4) is 0 Å². The number of anilines is 1. The van der Waals surface area contributed by atoms with Crippen molar-refractivity contribution in [3.63, 3.8) is 0 Å². The highest BCUT2D eigenvalue weighted by atomic mass is 16.1. The van der Waals surface area contributed by atoms with Crippen molar-refractivity contribution in [1.29, 1.82) is 0 Å². The molecule has 7 heteroatoms. The van der Waals surface area contributed by atoms with Crippen molar-refractivity contribution < 1.29 is 4.79 Å².